The fourth-order valence-electron chi connectivity index (χ4n) is 2.42. The van der Waals surface area contributed by atoms with Gasteiger partial charge in [0.05, 0.1) is 21.3 Å². The predicted octanol–water partition coefficient (Wildman–Crippen LogP) is 3.51. The van der Waals surface area contributed by atoms with E-state index in [-0.39, 0.29) is 5.78 Å². The Balaban J connectivity index is 2.45. The Morgan fingerprint density at radius 3 is 2.00 bits per heavy atom. The fourth-order valence-corrected chi connectivity index (χ4v) is 2.42. The summed E-state index contributed by atoms with van der Waals surface area (Å²) in [5, 5.41) is 0. The highest BCUT2D eigenvalue weighted by Gasteiger charge is 2.16. The summed E-state index contributed by atoms with van der Waals surface area (Å²) in [6.07, 6.45) is 0.448. The lowest BCUT2D eigenvalue weighted by atomic mass is 10.0. The summed E-state index contributed by atoms with van der Waals surface area (Å²) in [6, 6.07) is 11.6. The quantitative estimate of drug-likeness (QED) is 0.819. The van der Waals surface area contributed by atoms with Crippen LogP contribution in [-0.4, -0.2) is 27.1 Å². The normalized spacial score (nSPS) is 10.2. The Morgan fingerprint density at radius 2 is 1.50 bits per heavy atom. The van der Waals surface area contributed by atoms with Crippen LogP contribution >= 0.6 is 0 Å². The van der Waals surface area contributed by atoms with E-state index in [0.29, 0.717) is 23.7 Å². The van der Waals surface area contributed by atoms with Crippen molar-refractivity contribution in [3.05, 3.63) is 42.0 Å². The molecule has 0 radical (unpaired) electrons. The average Bonchev–Trinajstić information content (AvgIpc) is 2.53. The number of hydrogen-bond acceptors (Lipinski definition) is 4. The number of ether oxygens (including phenoxy) is 3. The molecule has 2 aromatic rings. The van der Waals surface area contributed by atoms with Crippen LogP contribution in [0, 0.1) is 0 Å². The van der Waals surface area contributed by atoms with Gasteiger partial charge in [0.15, 0.2) is 11.5 Å². The molecule has 0 unspecified atom stereocenters. The number of rotatable bonds is 6. The number of benzene rings is 2. The van der Waals surface area contributed by atoms with Crippen molar-refractivity contribution in [1.29, 1.82) is 0 Å². The Morgan fingerprint density at radius 1 is 0.864 bits per heavy atom. The maximum Gasteiger partial charge on any atom is 0.203 e. The average molecular weight is 300 g/mol. The Labute approximate surface area is 130 Å². The second-order valence-corrected chi connectivity index (χ2v) is 4.96. The first-order valence-corrected chi connectivity index (χ1v) is 6.98. The van der Waals surface area contributed by atoms with Crippen LogP contribution in [0.4, 0.5) is 0 Å². The molecule has 0 aliphatic carbocycles. The van der Waals surface area contributed by atoms with Crippen molar-refractivity contribution in [3.8, 4) is 28.4 Å². The molecule has 0 spiro atoms. The van der Waals surface area contributed by atoms with Crippen molar-refractivity contribution < 1.29 is 19.0 Å². The Bertz CT molecular complexity index is 660. The van der Waals surface area contributed by atoms with Crippen LogP contribution in [0.2, 0.25) is 0 Å². The standard InChI is InChI=1S/C18H20O4/c1-12(19)11-13-5-7-14(8-6-13)15-9-10-16(20-2)18(22-4)17(15)21-3/h5-10H,11H2,1-4H3. The van der Waals surface area contributed by atoms with E-state index in [9.17, 15) is 4.79 Å². The highest BCUT2D eigenvalue weighted by atomic mass is 16.5. The monoisotopic (exact) mass is 300 g/mol. The minimum atomic E-state index is 0.149. The van der Waals surface area contributed by atoms with E-state index in [2.05, 4.69) is 0 Å². The van der Waals surface area contributed by atoms with Gasteiger partial charge in [0.25, 0.3) is 0 Å². The minimum absolute atomic E-state index is 0.149. The van der Waals surface area contributed by atoms with E-state index < -0.39 is 0 Å². The van der Waals surface area contributed by atoms with E-state index in [0.717, 1.165) is 16.7 Å². The molecule has 0 aliphatic rings. The Hall–Kier alpha value is -2.49. The van der Waals surface area contributed by atoms with E-state index in [4.69, 9.17) is 14.2 Å². The van der Waals surface area contributed by atoms with Crippen LogP contribution in [0.5, 0.6) is 17.2 Å². The van der Waals surface area contributed by atoms with Crippen molar-refractivity contribution in [2.24, 2.45) is 0 Å². The van der Waals surface area contributed by atoms with E-state index >= 15 is 0 Å². The molecule has 0 heterocycles. The number of carbonyl (C=O) groups is 1. The molecule has 2 aromatic carbocycles. The van der Waals surface area contributed by atoms with Crippen LogP contribution in [0.1, 0.15) is 12.5 Å². The van der Waals surface area contributed by atoms with Crippen LogP contribution in [0.3, 0.4) is 0 Å². The molecule has 0 bridgehead atoms. The maximum atomic E-state index is 11.2. The topological polar surface area (TPSA) is 44.8 Å². The summed E-state index contributed by atoms with van der Waals surface area (Å²) in [7, 11) is 4.78. The van der Waals surface area contributed by atoms with Gasteiger partial charge in [-0.3, -0.25) is 4.79 Å². The van der Waals surface area contributed by atoms with Gasteiger partial charge in [-0.15, -0.1) is 0 Å². The summed E-state index contributed by atoms with van der Waals surface area (Å²) in [4.78, 5) is 11.2. The molecule has 116 valence electrons. The van der Waals surface area contributed by atoms with Gasteiger partial charge >= 0.3 is 0 Å². The van der Waals surface area contributed by atoms with Crippen molar-refractivity contribution in [2.45, 2.75) is 13.3 Å². The van der Waals surface area contributed by atoms with Gasteiger partial charge in [-0.2, -0.15) is 0 Å². The molecule has 4 nitrogen and oxygen atoms in total. The molecule has 0 saturated carbocycles. The SMILES string of the molecule is COc1ccc(-c2ccc(CC(C)=O)cc2)c(OC)c1OC. The molecular formula is C18H20O4. The minimum Gasteiger partial charge on any atom is -0.493 e. The van der Waals surface area contributed by atoms with E-state index in [1.165, 1.54) is 0 Å². The first-order chi connectivity index (χ1) is 10.6. The maximum absolute atomic E-state index is 11.2. The van der Waals surface area contributed by atoms with Crippen molar-refractivity contribution in [2.75, 3.05) is 21.3 Å². The van der Waals surface area contributed by atoms with Gasteiger partial charge in [0.1, 0.15) is 5.78 Å². The molecule has 0 amide bonds. The molecule has 2 rings (SSSR count). The smallest absolute Gasteiger partial charge is 0.203 e. The number of hydrogen-bond donors (Lipinski definition) is 0. The molecule has 0 atom stereocenters. The summed E-state index contributed by atoms with van der Waals surface area (Å²) in [5.41, 5.74) is 2.90. The molecule has 0 aliphatic heterocycles. The zero-order valence-electron chi connectivity index (χ0n) is 13.3. The van der Waals surface area contributed by atoms with E-state index in [1.54, 1.807) is 28.3 Å². The molecular weight excluding hydrogens is 280 g/mol. The third-order valence-corrected chi connectivity index (χ3v) is 3.42. The van der Waals surface area contributed by atoms with E-state index in [1.807, 2.05) is 36.4 Å². The zero-order chi connectivity index (χ0) is 16.1. The van der Waals surface area contributed by atoms with Gasteiger partial charge in [0, 0.05) is 12.0 Å². The summed E-state index contributed by atoms with van der Waals surface area (Å²) in [6.45, 7) is 1.59. The third kappa shape index (κ3) is 3.22. The second-order valence-electron chi connectivity index (χ2n) is 4.96. The molecule has 0 N–H and O–H groups in total. The summed E-state index contributed by atoms with van der Waals surface area (Å²) < 4.78 is 16.2. The first-order valence-electron chi connectivity index (χ1n) is 6.98. The first kappa shape index (κ1) is 15.9. The second kappa shape index (κ2) is 6.98. The predicted molar refractivity (Wildman–Crippen MR) is 85.9 cm³/mol. The third-order valence-electron chi connectivity index (χ3n) is 3.42. The van der Waals surface area contributed by atoms with Gasteiger partial charge in [-0.1, -0.05) is 24.3 Å². The summed E-state index contributed by atoms with van der Waals surface area (Å²) in [5.74, 6) is 1.96. The van der Waals surface area contributed by atoms with Gasteiger partial charge in [0.2, 0.25) is 5.75 Å². The van der Waals surface area contributed by atoms with Gasteiger partial charge < -0.3 is 14.2 Å². The number of carbonyl (C=O) groups excluding carboxylic acids is 1. The molecule has 22 heavy (non-hydrogen) atoms. The van der Waals surface area contributed by atoms with Crippen LogP contribution in [0.15, 0.2) is 36.4 Å². The number of methoxy groups -OCH3 is 3. The lowest BCUT2D eigenvalue weighted by Gasteiger charge is -2.16. The van der Waals surface area contributed by atoms with Crippen LogP contribution < -0.4 is 14.2 Å². The van der Waals surface area contributed by atoms with Crippen LogP contribution in [0.25, 0.3) is 11.1 Å². The fraction of sp³-hybridized carbons (Fsp3) is 0.278. The highest BCUT2D eigenvalue weighted by Crippen LogP contribution is 2.44. The Kier molecular flexibility index (Phi) is 5.04. The highest BCUT2D eigenvalue weighted by molar-refractivity contribution is 5.79. The molecule has 4 heteroatoms. The molecule has 0 aromatic heterocycles. The lowest BCUT2D eigenvalue weighted by Crippen LogP contribution is -1.98. The van der Waals surface area contributed by atoms with Crippen LogP contribution in [-0.2, 0) is 11.2 Å². The number of ketones is 1. The molecule has 0 fully saturated rings. The lowest BCUT2D eigenvalue weighted by molar-refractivity contribution is -0.116. The van der Waals surface area contributed by atoms with Crippen molar-refractivity contribution >= 4 is 5.78 Å². The van der Waals surface area contributed by atoms with Gasteiger partial charge in [-0.05, 0) is 30.2 Å². The molecule has 0 saturated heterocycles. The van der Waals surface area contributed by atoms with Crippen molar-refractivity contribution in [3.63, 3.8) is 0 Å². The largest absolute Gasteiger partial charge is 0.493 e. The van der Waals surface area contributed by atoms with Crippen molar-refractivity contribution in [1.82, 2.24) is 0 Å². The van der Waals surface area contributed by atoms with Gasteiger partial charge in [-0.25, -0.2) is 0 Å². The number of Topliss-reactive ketones (excluding diaryl/α,β-unsaturated/α-hetero) is 1. The zero-order valence-corrected chi connectivity index (χ0v) is 13.3. The summed E-state index contributed by atoms with van der Waals surface area (Å²) >= 11 is 0.